The highest BCUT2D eigenvalue weighted by Crippen LogP contribution is 2.13. The first-order valence-corrected chi connectivity index (χ1v) is 8.98. The molecule has 134 valence electrons. The number of hydrogen-bond acceptors (Lipinski definition) is 3. The van der Waals surface area contributed by atoms with Crippen LogP contribution in [0.1, 0.15) is 31.0 Å². The maximum Gasteiger partial charge on any atom is 0.191 e. The normalized spacial score (nSPS) is 21.5. The van der Waals surface area contributed by atoms with E-state index >= 15 is 0 Å². The van der Waals surface area contributed by atoms with Gasteiger partial charge in [-0.25, -0.2) is 0 Å². The molecule has 2 unspecified atom stereocenters. The van der Waals surface area contributed by atoms with Gasteiger partial charge in [-0.3, -0.25) is 9.89 Å². The van der Waals surface area contributed by atoms with Gasteiger partial charge in [0.2, 0.25) is 0 Å². The van der Waals surface area contributed by atoms with Crippen molar-refractivity contribution in [3.63, 3.8) is 0 Å². The van der Waals surface area contributed by atoms with Crippen LogP contribution in [0.2, 0.25) is 0 Å². The number of aryl methyl sites for hydroxylation is 1. The molecule has 1 aliphatic rings. The molecule has 5 heteroatoms. The molecule has 24 heavy (non-hydrogen) atoms. The summed E-state index contributed by atoms with van der Waals surface area (Å²) in [5, 5.41) is 6.98. The van der Waals surface area contributed by atoms with Crippen LogP contribution in [-0.2, 0) is 6.42 Å². The maximum atomic E-state index is 4.38. The third-order valence-electron chi connectivity index (χ3n) is 4.95. The lowest BCUT2D eigenvalue weighted by Gasteiger charge is -2.38. The number of nitrogens with one attached hydrogen (secondary N) is 2. The van der Waals surface area contributed by atoms with E-state index in [4.69, 9.17) is 0 Å². The molecule has 1 aromatic carbocycles. The summed E-state index contributed by atoms with van der Waals surface area (Å²) in [6.45, 7) is 8.62. The summed E-state index contributed by atoms with van der Waals surface area (Å²) >= 11 is 0. The summed E-state index contributed by atoms with van der Waals surface area (Å²) in [6, 6.07) is 9.56. The van der Waals surface area contributed by atoms with Crippen LogP contribution < -0.4 is 10.6 Å². The Bertz CT molecular complexity index is 525. The number of rotatable bonds is 5. The molecule has 1 fully saturated rings. The van der Waals surface area contributed by atoms with Crippen molar-refractivity contribution in [3.05, 3.63) is 35.4 Å². The fraction of sp³-hybridized carbons (Fsp3) is 0.632. The van der Waals surface area contributed by atoms with Gasteiger partial charge >= 0.3 is 0 Å². The summed E-state index contributed by atoms with van der Waals surface area (Å²) in [4.78, 5) is 9.19. The van der Waals surface area contributed by atoms with E-state index < -0.39 is 0 Å². The van der Waals surface area contributed by atoms with Crippen molar-refractivity contribution in [1.82, 2.24) is 20.4 Å². The van der Waals surface area contributed by atoms with Crippen molar-refractivity contribution in [1.29, 1.82) is 0 Å². The Hall–Kier alpha value is -1.59. The Morgan fingerprint density at radius 1 is 1.25 bits per heavy atom. The first kappa shape index (κ1) is 18.7. The molecule has 5 nitrogen and oxygen atoms in total. The average Bonchev–Trinajstić information content (AvgIpc) is 2.61. The predicted octanol–water partition coefficient (Wildman–Crippen LogP) is 1.72. The zero-order chi connectivity index (χ0) is 17.5. The zero-order valence-corrected chi connectivity index (χ0v) is 15.8. The summed E-state index contributed by atoms with van der Waals surface area (Å²) in [7, 11) is 6.22. The summed E-state index contributed by atoms with van der Waals surface area (Å²) in [5.74, 6) is 0.865. The van der Waals surface area contributed by atoms with Gasteiger partial charge < -0.3 is 15.5 Å². The highest BCUT2D eigenvalue weighted by atomic mass is 15.3. The Morgan fingerprint density at radius 3 is 2.58 bits per heavy atom. The van der Waals surface area contributed by atoms with E-state index in [1.165, 1.54) is 11.1 Å². The fourth-order valence-electron chi connectivity index (χ4n) is 3.06. The maximum absolute atomic E-state index is 4.38. The minimum absolute atomic E-state index is 0.230. The monoisotopic (exact) mass is 331 g/mol. The van der Waals surface area contributed by atoms with Gasteiger partial charge in [-0.05, 0) is 38.6 Å². The predicted molar refractivity (Wildman–Crippen MR) is 103 cm³/mol. The minimum atomic E-state index is 0.230. The largest absolute Gasteiger partial charge is 0.355 e. The molecule has 0 saturated carbocycles. The third kappa shape index (κ3) is 5.21. The molecule has 1 saturated heterocycles. The smallest absolute Gasteiger partial charge is 0.191 e. The molecule has 1 aromatic rings. The van der Waals surface area contributed by atoms with Crippen LogP contribution in [0.15, 0.2) is 29.3 Å². The molecule has 1 heterocycles. The molecule has 2 atom stereocenters. The lowest BCUT2D eigenvalue weighted by atomic mass is 10.1. The molecule has 1 aliphatic heterocycles. The fourth-order valence-corrected chi connectivity index (χ4v) is 3.06. The molecule has 2 N–H and O–H groups in total. The zero-order valence-electron chi connectivity index (χ0n) is 15.8. The van der Waals surface area contributed by atoms with Crippen LogP contribution in [0.4, 0.5) is 0 Å². The number of benzene rings is 1. The average molecular weight is 332 g/mol. The van der Waals surface area contributed by atoms with Gasteiger partial charge in [-0.2, -0.15) is 0 Å². The van der Waals surface area contributed by atoms with Gasteiger partial charge in [0, 0.05) is 39.3 Å². The van der Waals surface area contributed by atoms with E-state index in [0.717, 1.165) is 38.6 Å². The number of piperazine rings is 1. The Labute approximate surface area is 147 Å². The molecular formula is C19H33N5. The van der Waals surface area contributed by atoms with Gasteiger partial charge in [0.05, 0.1) is 6.04 Å². The number of hydrogen-bond donors (Lipinski definition) is 2. The van der Waals surface area contributed by atoms with Crippen LogP contribution in [0.25, 0.3) is 0 Å². The van der Waals surface area contributed by atoms with E-state index in [9.17, 15) is 0 Å². The van der Waals surface area contributed by atoms with Crippen LogP contribution in [0.5, 0.6) is 0 Å². The lowest BCUT2D eigenvalue weighted by Crippen LogP contribution is -2.55. The molecule has 0 radical (unpaired) electrons. The van der Waals surface area contributed by atoms with Crippen molar-refractivity contribution in [2.75, 3.05) is 47.3 Å². The second kappa shape index (κ2) is 9.04. The molecule has 0 aliphatic carbocycles. The van der Waals surface area contributed by atoms with Crippen molar-refractivity contribution in [2.45, 2.75) is 32.4 Å². The molecule has 2 rings (SSSR count). The second-order valence-corrected chi connectivity index (χ2v) is 6.81. The van der Waals surface area contributed by atoms with E-state index in [-0.39, 0.29) is 6.04 Å². The van der Waals surface area contributed by atoms with Gasteiger partial charge in [0.1, 0.15) is 0 Å². The Kier molecular flexibility index (Phi) is 7.06. The van der Waals surface area contributed by atoms with Crippen LogP contribution >= 0.6 is 0 Å². The van der Waals surface area contributed by atoms with Gasteiger partial charge in [0.25, 0.3) is 0 Å². The second-order valence-electron chi connectivity index (χ2n) is 6.81. The van der Waals surface area contributed by atoms with Crippen molar-refractivity contribution >= 4 is 5.96 Å². The van der Waals surface area contributed by atoms with Crippen LogP contribution in [0, 0.1) is 0 Å². The number of nitrogens with zero attached hydrogens (tertiary/aromatic N) is 3. The highest BCUT2D eigenvalue weighted by molar-refractivity contribution is 5.80. The van der Waals surface area contributed by atoms with Gasteiger partial charge in [0.15, 0.2) is 5.96 Å². The number of guanidine groups is 1. The van der Waals surface area contributed by atoms with Crippen LogP contribution in [-0.4, -0.2) is 69.1 Å². The summed E-state index contributed by atoms with van der Waals surface area (Å²) in [5.41, 5.74) is 2.66. The van der Waals surface area contributed by atoms with Crippen molar-refractivity contribution < 1.29 is 0 Å². The summed E-state index contributed by atoms with van der Waals surface area (Å²) < 4.78 is 0. The van der Waals surface area contributed by atoms with Crippen molar-refractivity contribution in [2.24, 2.45) is 4.99 Å². The molecular weight excluding hydrogens is 298 g/mol. The molecule has 0 spiro atoms. The van der Waals surface area contributed by atoms with Crippen molar-refractivity contribution in [3.8, 4) is 0 Å². The third-order valence-corrected chi connectivity index (χ3v) is 4.95. The summed E-state index contributed by atoms with van der Waals surface area (Å²) in [6.07, 6.45) is 1.08. The van der Waals surface area contributed by atoms with E-state index in [1.54, 1.807) is 0 Å². The SMILES string of the molecule is CCc1ccc(C(C)NC(=NC)NCC2CN(C)CCN2C)cc1. The molecule has 0 aromatic heterocycles. The number of likely N-dealkylation sites (N-methyl/N-ethyl adjacent to an activating group) is 2. The quantitative estimate of drug-likeness (QED) is 0.637. The van der Waals surface area contributed by atoms with E-state index in [0.29, 0.717) is 6.04 Å². The van der Waals surface area contributed by atoms with Gasteiger partial charge in [-0.15, -0.1) is 0 Å². The molecule has 0 amide bonds. The first-order valence-electron chi connectivity index (χ1n) is 8.98. The standard InChI is InChI=1S/C19H33N5/c1-6-16-7-9-17(10-8-16)15(2)22-19(20-3)21-13-18-14-23(4)11-12-24(18)5/h7-10,15,18H,6,11-14H2,1-5H3,(H2,20,21,22). The minimum Gasteiger partial charge on any atom is -0.355 e. The van der Waals surface area contributed by atoms with E-state index in [2.05, 4.69) is 77.6 Å². The topological polar surface area (TPSA) is 42.9 Å². The highest BCUT2D eigenvalue weighted by Gasteiger charge is 2.22. The first-order chi connectivity index (χ1) is 11.5. The Morgan fingerprint density at radius 2 is 1.96 bits per heavy atom. The lowest BCUT2D eigenvalue weighted by molar-refractivity contribution is 0.116. The van der Waals surface area contributed by atoms with Crippen LogP contribution in [0.3, 0.4) is 0 Å². The van der Waals surface area contributed by atoms with E-state index in [1.807, 2.05) is 7.05 Å². The Balaban J connectivity index is 1.86. The molecule has 0 bridgehead atoms. The van der Waals surface area contributed by atoms with Gasteiger partial charge in [-0.1, -0.05) is 31.2 Å². The number of aliphatic imine (C=N–C) groups is 1.